The molecule has 1 N–H and O–H groups in total. The van der Waals surface area contributed by atoms with E-state index in [9.17, 15) is 8.42 Å². The van der Waals surface area contributed by atoms with Gasteiger partial charge in [-0.1, -0.05) is 24.3 Å². The van der Waals surface area contributed by atoms with Gasteiger partial charge >= 0.3 is 0 Å². The summed E-state index contributed by atoms with van der Waals surface area (Å²) in [5.41, 5.74) is 1.98. The van der Waals surface area contributed by atoms with Gasteiger partial charge in [-0.05, 0) is 23.3 Å². The quantitative estimate of drug-likeness (QED) is 0.740. The number of furan rings is 1. The number of nitrogens with zero attached hydrogens (tertiary/aromatic N) is 1. The topological polar surface area (TPSA) is 80.4 Å². The first-order chi connectivity index (χ1) is 11.1. The van der Waals surface area contributed by atoms with Crippen molar-refractivity contribution >= 4 is 21.2 Å². The fourth-order valence-electron chi connectivity index (χ4n) is 2.16. The average molecular weight is 349 g/mol. The molecule has 0 saturated carbocycles. The van der Waals surface area contributed by atoms with Crippen LogP contribution in [0, 0.1) is 0 Å². The molecule has 1 aromatic carbocycles. The van der Waals surface area contributed by atoms with Crippen molar-refractivity contribution in [2.75, 3.05) is 0 Å². The Hall–Kier alpha value is -1.96. The van der Waals surface area contributed by atoms with Gasteiger partial charge in [-0.15, -0.1) is 11.3 Å². The molecule has 2 aromatic heterocycles. The van der Waals surface area contributed by atoms with E-state index >= 15 is 0 Å². The third kappa shape index (κ3) is 4.07. The Labute approximate surface area is 138 Å². The van der Waals surface area contributed by atoms with Crippen LogP contribution in [0.15, 0.2) is 52.5 Å². The molecule has 0 radical (unpaired) electrons. The maximum atomic E-state index is 12.3. The first kappa shape index (κ1) is 15.9. The minimum atomic E-state index is -3.31. The monoisotopic (exact) mass is 349 g/mol. The third-order valence-electron chi connectivity index (χ3n) is 3.24. The van der Waals surface area contributed by atoms with Gasteiger partial charge in [0.2, 0.25) is 0 Å². The van der Waals surface area contributed by atoms with E-state index in [2.05, 4.69) is 4.98 Å². The lowest BCUT2D eigenvalue weighted by molar-refractivity contribution is 0.282. The zero-order valence-electron chi connectivity index (χ0n) is 12.2. The summed E-state index contributed by atoms with van der Waals surface area (Å²) in [6, 6.07) is 10.4. The van der Waals surface area contributed by atoms with Crippen LogP contribution in [-0.2, 0) is 27.9 Å². The predicted octanol–water partition coefficient (Wildman–Crippen LogP) is 3.01. The van der Waals surface area contributed by atoms with Gasteiger partial charge in [0.25, 0.3) is 0 Å². The number of hydrogen-bond donors (Lipinski definition) is 1. The summed E-state index contributed by atoms with van der Waals surface area (Å²) in [6.45, 7) is -0.0542. The molecule has 0 amide bonds. The van der Waals surface area contributed by atoms with Crippen molar-refractivity contribution in [1.82, 2.24) is 4.98 Å². The summed E-state index contributed by atoms with van der Waals surface area (Å²) >= 11 is 1.36. The number of hydrogen-bond acceptors (Lipinski definition) is 6. The van der Waals surface area contributed by atoms with Crippen molar-refractivity contribution < 1.29 is 17.9 Å². The number of rotatable bonds is 6. The van der Waals surface area contributed by atoms with Crippen molar-refractivity contribution in [3.05, 3.63) is 64.9 Å². The van der Waals surface area contributed by atoms with Gasteiger partial charge in [0.15, 0.2) is 20.6 Å². The van der Waals surface area contributed by atoms with Crippen LogP contribution in [0.25, 0.3) is 10.8 Å². The molecule has 0 saturated heterocycles. The largest absolute Gasteiger partial charge is 0.462 e. The van der Waals surface area contributed by atoms with E-state index in [1.807, 2.05) is 0 Å². The normalized spacial score (nSPS) is 11.7. The van der Waals surface area contributed by atoms with E-state index in [0.29, 0.717) is 22.0 Å². The van der Waals surface area contributed by atoms with Gasteiger partial charge in [0.05, 0.1) is 30.1 Å². The van der Waals surface area contributed by atoms with Gasteiger partial charge < -0.3 is 9.52 Å². The van der Waals surface area contributed by atoms with Gasteiger partial charge in [-0.3, -0.25) is 0 Å². The predicted molar refractivity (Wildman–Crippen MR) is 88.5 cm³/mol. The van der Waals surface area contributed by atoms with E-state index in [0.717, 1.165) is 5.56 Å². The molecule has 7 heteroatoms. The Balaban J connectivity index is 1.70. The molecule has 0 aliphatic carbocycles. The van der Waals surface area contributed by atoms with E-state index in [4.69, 9.17) is 9.52 Å². The minimum Gasteiger partial charge on any atom is -0.462 e. The molecule has 120 valence electrons. The SMILES string of the molecule is O=S(=O)(Cc1ccc(CO)cc1)Cc1csc(-c2ccco2)n1. The summed E-state index contributed by atoms with van der Waals surface area (Å²) in [5.74, 6) is 0.483. The van der Waals surface area contributed by atoms with Crippen LogP contribution < -0.4 is 0 Å². The third-order valence-corrected chi connectivity index (χ3v) is 5.66. The van der Waals surface area contributed by atoms with Crippen LogP contribution in [-0.4, -0.2) is 18.5 Å². The lowest BCUT2D eigenvalue weighted by Gasteiger charge is -2.04. The molecule has 5 nitrogen and oxygen atoms in total. The molecule has 0 aliphatic rings. The Morgan fingerprint density at radius 3 is 2.48 bits per heavy atom. The summed E-state index contributed by atoms with van der Waals surface area (Å²) in [5, 5.41) is 11.4. The van der Waals surface area contributed by atoms with E-state index in [1.165, 1.54) is 11.3 Å². The van der Waals surface area contributed by atoms with Crippen LogP contribution in [0.2, 0.25) is 0 Å². The van der Waals surface area contributed by atoms with E-state index < -0.39 is 9.84 Å². The Morgan fingerprint density at radius 1 is 1.09 bits per heavy atom. The lowest BCUT2D eigenvalue weighted by atomic mass is 10.2. The number of sulfone groups is 1. The Kier molecular flexibility index (Phi) is 4.61. The van der Waals surface area contributed by atoms with Gasteiger partial charge in [0, 0.05) is 5.38 Å². The minimum absolute atomic E-state index is 0.0493. The maximum absolute atomic E-state index is 12.3. The molecule has 2 heterocycles. The molecular weight excluding hydrogens is 334 g/mol. The highest BCUT2D eigenvalue weighted by molar-refractivity contribution is 7.89. The number of benzene rings is 1. The number of aliphatic hydroxyl groups is 1. The van der Waals surface area contributed by atoms with Crippen molar-refractivity contribution in [1.29, 1.82) is 0 Å². The molecule has 0 bridgehead atoms. The molecule has 23 heavy (non-hydrogen) atoms. The Bertz CT molecular complexity index is 865. The van der Waals surface area contributed by atoms with Crippen LogP contribution in [0.1, 0.15) is 16.8 Å². The number of thiazole rings is 1. The van der Waals surface area contributed by atoms with E-state index in [-0.39, 0.29) is 18.1 Å². The summed E-state index contributed by atoms with van der Waals surface area (Å²) in [6.07, 6.45) is 1.56. The second-order valence-electron chi connectivity index (χ2n) is 5.13. The highest BCUT2D eigenvalue weighted by Crippen LogP contribution is 2.25. The van der Waals surface area contributed by atoms with Crippen molar-refractivity contribution in [2.45, 2.75) is 18.1 Å². The molecule has 0 atom stereocenters. The summed E-state index contributed by atoms with van der Waals surface area (Å²) < 4.78 is 29.9. The smallest absolute Gasteiger partial charge is 0.162 e. The van der Waals surface area contributed by atoms with Crippen molar-refractivity contribution in [2.24, 2.45) is 0 Å². The first-order valence-corrected chi connectivity index (χ1v) is 9.63. The molecule has 0 fully saturated rings. The first-order valence-electron chi connectivity index (χ1n) is 6.93. The van der Waals surface area contributed by atoms with Crippen molar-refractivity contribution in [3.63, 3.8) is 0 Å². The highest BCUT2D eigenvalue weighted by atomic mass is 32.2. The zero-order chi connectivity index (χ0) is 16.3. The van der Waals surface area contributed by atoms with Crippen molar-refractivity contribution in [3.8, 4) is 10.8 Å². The molecule has 3 aromatic rings. The van der Waals surface area contributed by atoms with Gasteiger partial charge in [0.1, 0.15) is 0 Å². The zero-order valence-corrected chi connectivity index (χ0v) is 13.8. The molecule has 3 rings (SSSR count). The van der Waals surface area contributed by atoms with E-state index in [1.54, 1.807) is 48.0 Å². The molecule has 0 spiro atoms. The maximum Gasteiger partial charge on any atom is 0.162 e. The Morgan fingerprint density at radius 2 is 1.83 bits per heavy atom. The molecular formula is C16H15NO4S2. The van der Waals surface area contributed by atoms with Crippen LogP contribution in [0.4, 0.5) is 0 Å². The summed E-state index contributed by atoms with van der Waals surface area (Å²) in [4.78, 5) is 4.32. The second kappa shape index (κ2) is 6.66. The van der Waals surface area contributed by atoms with Gasteiger partial charge in [-0.25, -0.2) is 13.4 Å². The fraction of sp³-hybridized carbons (Fsp3) is 0.188. The number of aromatic nitrogens is 1. The van der Waals surface area contributed by atoms with Crippen LogP contribution >= 0.6 is 11.3 Å². The van der Waals surface area contributed by atoms with Crippen LogP contribution in [0.3, 0.4) is 0 Å². The number of aliphatic hydroxyl groups excluding tert-OH is 1. The lowest BCUT2D eigenvalue weighted by Crippen LogP contribution is -2.08. The fourth-order valence-corrected chi connectivity index (χ4v) is 4.45. The second-order valence-corrected chi connectivity index (χ2v) is 8.05. The molecule has 0 unspecified atom stereocenters. The van der Waals surface area contributed by atoms with Gasteiger partial charge in [-0.2, -0.15) is 0 Å². The highest BCUT2D eigenvalue weighted by Gasteiger charge is 2.16. The average Bonchev–Trinajstić information content (AvgIpc) is 3.18. The molecule has 0 aliphatic heterocycles. The van der Waals surface area contributed by atoms with Crippen LogP contribution in [0.5, 0.6) is 0 Å². The standard InChI is InChI=1S/C16H15NO4S2/c18-8-12-3-5-13(6-4-12)10-23(19,20)11-14-9-22-16(17-14)15-2-1-7-21-15/h1-7,9,18H,8,10-11H2. The summed E-state index contributed by atoms with van der Waals surface area (Å²) in [7, 11) is -3.31.